The number of hydrogen-bond acceptors (Lipinski definition) is 8. The van der Waals surface area contributed by atoms with E-state index in [0.717, 1.165) is 55.9 Å². The number of carbonyl (C=O) groups is 2. The lowest BCUT2D eigenvalue weighted by molar-refractivity contribution is -0.205. The van der Waals surface area contributed by atoms with Crippen molar-refractivity contribution in [3.05, 3.63) is 42.5 Å². The average molecular weight is 624 g/mol. The van der Waals surface area contributed by atoms with E-state index in [0.29, 0.717) is 12.8 Å². The maximum absolute atomic E-state index is 13.6. The Morgan fingerprint density at radius 2 is 1.95 bits per heavy atom. The molecule has 10 heteroatoms. The third kappa shape index (κ3) is 5.97. The molecule has 5 rings (SSSR count). The quantitative estimate of drug-likeness (QED) is 0.0877. The molecular formula is C34H49N5O4S. The fourth-order valence-corrected chi connectivity index (χ4v) is 9.29. The van der Waals surface area contributed by atoms with Gasteiger partial charge < -0.3 is 20.1 Å². The minimum atomic E-state index is -0.674. The van der Waals surface area contributed by atoms with Gasteiger partial charge in [-0.1, -0.05) is 45.9 Å². The van der Waals surface area contributed by atoms with Crippen LogP contribution in [0.1, 0.15) is 65.4 Å². The Bertz CT molecular complexity index is 1280. The van der Waals surface area contributed by atoms with Gasteiger partial charge in [-0.3, -0.25) is 15.0 Å². The molecule has 4 N–H and O–H groups in total. The zero-order valence-electron chi connectivity index (χ0n) is 26.6. The van der Waals surface area contributed by atoms with Gasteiger partial charge in [-0.15, -0.1) is 18.3 Å². The van der Waals surface area contributed by atoms with Gasteiger partial charge >= 0.3 is 5.97 Å². The fourth-order valence-electron chi connectivity index (χ4n) is 8.61. The van der Waals surface area contributed by atoms with Crippen molar-refractivity contribution in [3.63, 3.8) is 0 Å². The van der Waals surface area contributed by atoms with Gasteiger partial charge in [-0.25, -0.2) is 5.43 Å². The van der Waals surface area contributed by atoms with Crippen LogP contribution in [-0.4, -0.2) is 78.1 Å². The van der Waals surface area contributed by atoms with Crippen LogP contribution in [0.5, 0.6) is 0 Å². The zero-order valence-corrected chi connectivity index (χ0v) is 27.4. The van der Waals surface area contributed by atoms with Crippen LogP contribution in [0, 0.1) is 39.4 Å². The highest BCUT2D eigenvalue weighted by atomic mass is 32.2. The molecule has 3 aliphatic carbocycles. The Kier molecular flexibility index (Phi) is 9.64. The van der Waals surface area contributed by atoms with E-state index in [-0.39, 0.29) is 46.6 Å². The van der Waals surface area contributed by atoms with Crippen molar-refractivity contribution >= 4 is 35.7 Å². The number of ether oxygens (including phenoxy) is 1. The Hall–Kier alpha value is -2.69. The van der Waals surface area contributed by atoms with E-state index in [9.17, 15) is 14.7 Å². The maximum Gasteiger partial charge on any atom is 0.316 e. The van der Waals surface area contributed by atoms with E-state index in [1.165, 1.54) is 11.8 Å². The molecular weight excluding hydrogens is 574 g/mol. The lowest BCUT2D eigenvalue weighted by Gasteiger charge is -2.61. The lowest BCUT2D eigenvalue weighted by Crippen LogP contribution is -2.63. The standard InChI is InChI=1S/C34H49N5O4S/c1-6-32(4)19-27(33(5)22(2)11-13-34(23(3)30(32)42)14-12-26(40)29(33)34)43-28(41)21-44-25-9-7-24(8-10-25)20-37-38-31(35)39-17-15-36-16-18-39/h6-10,20,22-23,27,29-30,36,42H,1,11-19,21H2,2-5H3,(H2,35,38)/b37-20+/t22?,23-,27+,29?,30-,32+,33-,34?/m0/s1. The van der Waals surface area contributed by atoms with Crippen molar-refractivity contribution < 1.29 is 19.4 Å². The van der Waals surface area contributed by atoms with Gasteiger partial charge in [0.05, 0.1) is 18.1 Å². The van der Waals surface area contributed by atoms with Crippen molar-refractivity contribution in [2.24, 2.45) is 39.1 Å². The van der Waals surface area contributed by atoms with E-state index in [1.54, 1.807) is 6.21 Å². The Morgan fingerprint density at radius 3 is 2.64 bits per heavy atom. The third-order valence-electron chi connectivity index (χ3n) is 11.6. The van der Waals surface area contributed by atoms with Crippen LogP contribution in [0.15, 0.2) is 46.9 Å². The Labute approximate surface area is 266 Å². The number of piperazine rings is 1. The Balaban J connectivity index is 1.25. The first-order chi connectivity index (χ1) is 20.9. The number of aliphatic hydroxyl groups excluding tert-OH is 1. The summed E-state index contributed by atoms with van der Waals surface area (Å²) >= 11 is 1.41. The zero-order chi connectivity index (χ0) is 31.7. The summed E-state index contributed by atoms with van der Waals surface area (Å²) in [6, 6.07) is 7.74. The Morgan fingerprint density at radius 1 is 1.25 bits per heavy atom. The number of ketones is 1. The predicted molar refractivity (Wildman–Crippen MR) is 175 cm³/mol. The summed E-state index contributed by atoms with van der Waals surface area (Å²) < 4.78 is 6.36. The highest BCUT2D eigenvalue weighted by Gasteiger charge is 2.68. The third-order valence-corrected chi connectivity index (χ3v) is 12.6. The minimum absolute atomic E-state index is 0.0517. The highest BCUT2D eigenvalue weighted by molar-refractivity contribution is 8.00. The highest BCUT2D eigenvalue weighted by Crippen LogP contribution is 2.68. The van der Waals surface area contributed by atoms with Crippen LogP contribution in [0.4, 0.5) is 0 Å². The molecule has 240 valence electrons. The second kappa shape index (κ2) is 13.0. The van der Waals surface area contributed by atoms with Crippen molar-refractivity contribution in [3.8, 4) is 0 Å². The van der Waals surface area contributed by atoms with Gasteiger partial charge in [0.25, 0.3) is 0 Å². The molecule has 1 saturated heterocycles. The van der Waals surface area contributed by atoms with Gasteiger partial charge in [-0.05, 0) is 60.6 Å². The first-order valence-electron chi connectivity index (χ1n) is 16.0. The van der Waals surface area contributed by atoms with Gasteiger partial charge in [-0.2, -0.15) is 5.10 Å². The number of guanidine groups is 1. The fraction of sp³-hybridized carbons (Fsp3) is 0.647. The molecule has 8 atom stereocenters. The normalized spacial score (nSPS) is 37.2. The molecule has 2 bridgehead atoms. The number of benzene rings is 1. The van der Waals surface area contributed by atoms with E-state index >= 15 is 0 Å². The molecule has 1 aromatic rings. The van der Waals surface area contributed by atoms with Crippen LogP contribution in [0.3, 0.4) is 0 Å². The van der Waals surface area contributed by atoms with Crippen LogP contribution < -0.4 is 10.7 Å². The summed E-state index contributed by atoms with van der Waals surface area (Å²) in [6.45, 7) is 15.9. The topological polar surface area (TPSA) is 127 Å². The molecule has 1 heterocycles. The molecule has 3 saturated carbocycles. The molecule has 4 fully saturated rings. The molecule has 0 amide bonds. The van der Waals surface area contributed by atoms with E-state index < -0.39 is 23.0 Å². The van der Waals surface area contributed by atoms with Crippen LogP contribution in [0.2, 0.25) is 0 Å². The summed E-state index contributed by atoms with van der Waals surface area (Å²) in [4.78, 5) is 29.9. The summed E-state index contributed by atoms with van der Waals surface area (Å²) in [7, 11) is 0. The number of nitrogens with one attached hydrogen (secondary N) is 3. The van der Waals surface area contributed by atoms with Crippen LogP contribution in [-0.2, 0) is 14.3 Å². The molecule has 44 heavy (non-hydrogen) atoms. The van der Waals surface area contributed by atoms with E-state index in [2.05, 4.69) is 43.2 Å². The van der Waals surface area contributed by atoms with Gasteiger partial charge in [0.15, 0.2) is 0 Å². The van der Waals surface area contributed by atoms with Crippen molar-refractivity contribution in [2.45, 2.75) is 76.9 Å². The molecule has 0 radical (unpaired) electrons. The largest absolute Gasteiger partial charge is 0.461 e. The van der Waals surface area contributed by atoms with E-state index in [4.69, 9.17) is 10.1 Å². The van der Waals surface area contributed by atoms with Crippen molar-refractivity contribution in [2.75, 3.05) is 31.9 Å². The van der Waals surface area contributed by atoms with Gasteiger partial charge in [0.2, 0.25) is 5.96 Å². The number of nitrogens with zero attached hydrogens (tertiary/aromatic N) is 2. The number of Topliss-reactive ketones (excluding diaryl/α,β-unsaturated/α-hetero) is 1. The first kappa shape index (κ1) is 32.7. The number of hydrazone groups is 1. The summed E-state index contributed by atoms with van der Waals surface area (Å²) in [5.74, 6) is 0.298. The minimum Gasteiger partial charge on any atom is -0.461 e. The van der Waals surface area contributed by atoms with Gasteiger partial charge in [0, 0.05) is 54.2 Å². The number of hydrogen-bond donors (Lipinski definition) is 4. The average Bonchev–Trinajstić information content (AvgIpc) is 3.39. The number of esters is 1. The molecule has 9 nitrogen and oxygen atoms in total. The second-order valence-electron chi connectivity index (χ2n) is 13.9. The molecule has 1 aromatic carbocycles. The van der Waals surface area contributed by atoms with E-state index in [1.807, 2.05) is 42.2 Å². The van der Waals surface area contributed by atoms with Crippen molar-refractivity contribution in [1.29, 1.82) is 5.41 Å². The van der Waals surface area contributed by atoms with Gasteiger partial charge in [0.1, 0.15) is 11.9 Å². The van der Waals surface area contributed by atoms with Crippen molar-refractivity contribution in [1.82, 2.24) is 15.6 Å². The second-order valence-corrected chi connectivity index (χ2v) is 14.9. The SMILES string of the molecule is C=C[C@]1(C)C[C@@H](OC(=O)CSc2ccc(/C=N/NC(=N)N3CCNCC3)cc2)[C@]2(C)C(C)CCC3(CCC(=O)C32)[C@@H](C)[C@@H]1O. The number of aliphatic hydroxyl groups is 1. The molecule has 3 unspecified atom stereocenters. The molecule has 4 aliphatic rings. The number of rotatable bonds is 7. The summed E-state index contributed by atoms with van der Waals surface area (Å²) in [5.41, 5.74) is 2.24. The predicted octanol–water partition coefficient (Wildman–Crippen LogP) is 4.45. The molecule has 0 aromatic heterocycles. The summed E-state index contributed by atoms with van der Waals surface area (Å²) in [6.07, 6.45) is 5.95. The first-order valence-corrected chi connectivity index (χ1v) is 17.0. The smallest absolute Gasteiger partial charge is 0.316 e. The molecule has 1 aliphatic heterocycles. The van der Waals surface area contributed by atoms with Crippen LogP contribution >= 0.6 is 11.8 Å². The van der Waals surface area contributed by atoms with Crippen LogP contribution in [0.25, 0.3) is 0 Å². The number of thioether (sulfide) groups is 1. The summed E-state index contributed by atoms with van der Waals surface area (Å²) in [5, 5.41) is 27.3. The number of carbonyl (C=O) groups excluding carboxylic acids is 2. The lowest BCUT2D eigenvalue weighted by atomic mass is 9.44. The monoisotopic (exact) mass is 623 g/mol. The molecule has 0 spiro atoms. The maximum atomic E-state index is 13.6.